The quantitative estimate of drug-likeness (QED) is 0.383. The van der Waals surface area contributed by atoms with E-state index in [-0.39, 0.29) is 23.8 Å². The van der Waals surface area contributed by atoms with Crippen molar-refractivity contribution in [3.63, 3.8) is 0 Å². The lowest BCUT2D eigenvalue weighted by Gasteiger charge is -2.03. The number of ether oxygens (including phenoxy) is 1. The van der Waals surface area contributed by atoms with E-state index in [1.54, 1.807) is 12.3 Å². The Balaban J connectivity index is 2.14. The van der Waals surface area contributed by atoms with Crippen molar-refractivity contribution < 1.29 is 14.4 Å². The fraction of sp³-hybridized carbons (Fsp3) is 0.500. The number of hydrogen-bond acceptors (Lipinski definition) is 7. The fourth-order valence-electron chi connectivity index (χ4n) is 1.16. The van der Waals surface area contributed by atoms with E-state index in [2.05, 4.69) is 10.1 Å². The minimum Gasteiger partial charge on any atom is -0.461 e. The summed E-state index contributed by atoms with van der Waals surface area (Å²) >= 11 is 7.00. The largest absolute Gasteiger partial charge is 0.461 e. The van der Waals surface area contributed by atoms with Crippen molar-refractivity contribution in [2.75, 3.05) is 12.3 Å². The highest BCUT2D eigenvalue weighted by Crippen LogP contribution is 2.31. The fourth-order valence-corrected chi connectivity index (χ4v) is 1.93. The van der Waals surface area contributed by atoms with Crippen LogP contribution in [0.3, 0.4) is 0 Å². The second kappa shape index (κ2) is 5.53. The number of carbonyl (C=O) groups is 1. The van der Waals surface area contributed by atoms with Crippen LogP contribution < -0.4 is 5.73 Å². The van der Waals surface area contributed by atoms with Crippen molar-refractivity contribution >= 4 is 39.8 Å². The van der Waals surface area contributed by atoms with Crippen molar-refractivity contribution in [1.29, 1.82) is 0 Å². The Morgan fingerprint density at radius 3 is 3.00 bits per heavy atom. The first-order valence-corrected chi connectivity index (χ1v) is 6.69. The summed E-state index contributed by atoms with van der Waals surface area (Å²) in [5.74, 6) is -0.588. The number of nitrogens with two attached hydrogens (primary N) is 1. The number of nitrogen functional groups attached to an aromatic ring is 1. The number of aromatic nitrogens is 1. The highest BCUT2D eigenvalue weighted by molar-refractivity contribution is 7.13. The number of oxime groups is 1. The number of anilines is 1. The number of thiazole rings is 1. The molecule has 2 atom stereocenters. The van der Waals surface area contributed by atoms with E-state index in [0.29, 0.717) is 10.8 Å². The van der Waals surface area contributed by atoms with Gasteiger partial charge in [-0.2, -0.15) is 0 Å². The van der Waals surface area contributed by atoms with E-state index in [4.69, 9.17) is 26.9 Å². The Morgan fingerprint density at radius 2 is 2.50 bits per heavy atom. The Kier molecular flexibility index (Phi) is 4.03. The van der Waals surface area contributed by atoms with Crippen molar-refractivity contribution in [1.82, 2.24) is 4.98 Å². The molecular formula is C10H12ClN3O3S. The topological polar surface area (TPSA) is 86.8 Å². The predicted molar refractivity (Wildman–Crippen MR) is 68.8 cm³/mol. The van der Waals surface area contributed by atoms with Crippen molar-refractivity contribution in [2.45, 2.75) is 24.8 Å². The van der Waals surface area contributed by atoms with E-state index in [1.165, 1.54) is 11.3 Å². The molecule has 0 amide bonds. The average molecular weight is 290 g/mol. The molecule has 1 aliphatic carbocycles. The minimum atomic E-state index is -0.588. The second-order valence-corrected chi connectivity index (χ2v) is 5.08. The number of esters is 1. The summed E-state index contributed by atoms with van der Waals surface area (Å²) in [5, 5.41) is 5.72. The van der Waals surface area contributed by atoms with Crippen LogP contribution in [0.25, 0.3) is 0 Å². The van der Waals surface area contributed by atoms with Crippen LogP contribution in [0.5, 0.6) is 0 Å². The van der Waals surface area contributed by atoms with Crippen molar-refractivity contribution in [3.05, 3.63) is 11.1 Å². The molecule has 2 N–H and O–H groups in total. The lowest BCUT2D eigenvalue weighted by atomic mass is 10.3. The molecule has 1 fully saturated rings. The molecule has 0 spiro atoms. The lowest BCUT2D eigenvalue weighted by molar-refractivity contribution is -0.135. The van der Waals surface area contributed by atoms with Crippen molar-refractivity contribution in [3.8, 4) is 0 Å². The zero-order chi connectivity index (χ0) is 13.1. The molecule has 0 saturated heterocycles. The number of nitrogens with zero attached hydrogens (tertiary/aromatic N) is 2. The van der Waals surface area contributed by atoms with E-state index in [0.717, 1.165) is 6.42 Å². The van der Waals surface area contributed by atoms with Crippen LogP contribution in [0.15, 0.2) is 10.5 Å². The molecule has 0 aromatic carbocycles. The van der Waals surface area contributed by atoms with Crippen LogP contribution in [-0.2, 0) is 14.4 Å². The van der Waals surface area contributed by atoms with E-state index in [1.807, 2.05) is 0 Å². The van der Waals surface area contributed by atoms with Gasteiger partial charge in [-0.15, -0.1) is 22.9 Å². The van der Waals surface area contributed by atoms with Gasteiger partial charge in [0.25, 0.3) is 0 Å². The Bertz CT molecular complexity index is 477. The molecular weight excluding hydrogens is 278 g/mol. The normalized spacial score (nSPS) is 22.7. The first-order chi connectivity index (χ1) is 8.61. The number of carbonyl (C=O) groups excluding carboxylic acids is 1. The first kappa shape index (κ1) is 13.1. The third-order valence-corrected chi connectivity index (χ3v) is 3.30. The van der Waals surface area contributed by atoms with E-state index >= 15 is 0 Å². The minimum absolute atomic E-state index is 0.0144. The second-order valence-electron chi connectivity index (χ2n) is 3.63. The van der Waals surface area contributed by atoms with Gasteiger partial charge in [-0.25, -0.2) is 9.78 Å². The van der Waals surface area contributed by atoms with Crippen LogP contribution in [0.4, 0.5) is 5.13 Å². The molecule has 2 rings (SSSR count). The average Bonchev–Trinajstić information content (AvgIpc) is 2.84. The molecule has 1 saturated carbocycles. The van der Waals surface area contributed by atoms with Gasteiger partial charge in [0.2, 0.25) is 5.71 Å². The predicted octanol–water partition coefficient (Wildman–Crippen LogP) is 1.39. The lowest BCUT2D eigenvalue weighted by Crippen LogP contribution is -2.20. The molecule has 2 unspecified atom stereocenters. The van der Waals surface area contributed by atoms with Crippen molar-refractivity contribution in [2.24, 2.45) is 5.16 Å². The van der Waals surface area contributed by atoms with Crippen LogP contribution in [0.1, 0.15) is 19.0 Å². The SMILES string of the molecule is CCOC(=O)/C(=N/OC1CC1Cl)c1csc(N)n1. The number of rotatable bonds is 5. The highest BCUT2D eigenvalue weighted by atomic mass is 35.5. The third-order valence-electron chi connectivity index (χ3n) is 2.17. The van der Waals surface area contributed by atoms with Gasteiger partial charge in [0.1, 0.15) is 11.8 Å². The molecule has 6 nitrogen and oxygen atoms in total. The molecule has 1 aromatic heterocycles. The van der Waals surface area contributed by atoms with Crippen LogP contribution in [0, 0.1) is 0 Å². The van der Waals surface area contributed by atoms with Crippen LogP contribution in [-0.4, -0.2) is 34.8 Å². The van der Waals surface area contributed by atoms with Gasteiger partial charge in [-0.1, -0.05) is 5.16 Å². The van der Waals surface area contributed by atoms with Gasteiger partial charge in [0.05, 0.1) is 12.0 Å². The summed E-state index contributed by atoms with van der Waals surface area (Å²) in [7, 11) is 0. The van der Waals surface area contributed by atoms with Gasteiger partial charge >= 0.3 is 5.97 Å². The monoisotopic (exact) mass is 289 g/mol. The maximum absolute atomic E-state index is 11.7. The Hall–Kier alpha value is -1.34. The molecule has 1 aromatic rings. The summed E-state index contributed by atoms with van der Waals surface area (Å²) in [4.78, 5) is 20.8. The molecule has 18 heavy (non-hydrogen) atoms. The molecule has 0 bridgehead atoms. The standard InChI is InChI=1S/C10H12ClN3O3S/c1-2-16-9(15)8(6-4-18-10(12)13-6)14-17-7-3-5(7)11/h4-5,7H,2-3H2,1H3,(H2,12,13)/b14-8+. The van der Waals surface area contributed by atoms with Gasteiger partial charge in [-0.3, -0.25) is 0 Å². The Morgan fingerprint density at radius 1 is 1.78 bits per heavy atom. The van der Waals surface area contributed by atoms with Crippen LogP contribution >= 0.6 is 22.9 Å². The van der Waals surface area contributed by atoms with Crippen LogP contribution in [0.2, 0.25) is 0 Å². The third kappa shape index (κ3) is 3.11. The molecule has 0 radical (unpaired) electrons. The maximum Gasteiger partial charge on any atom is 0.362 e. The van der Waals surface area contributed by atoms with Gasteiger partial charge in [0.15, 0.2) is 5.13 Å². The smallest absolute Gasteiger partial charge is 0.362 e. The maximum atomic E-state index is 11.7. The summed E-state index contributed by atoms with van der Waals surface area (Å²) in [6, 6.07) is 0. The highest BCUT2D eigenvalue weighted by Gasteiger charge is 2.38. The van der Waals surface area contributed by atoms with Gasteiger partial charge < -0.3 is 15.3 Å². The molecule has 98 valence electrons. The van der Waals surface area contributed by atoms with E-state index < -0.39 is 5.97 Å². The number of alkyl halides is 1. The molecule has 1 aliphatic rings. The zero-order valence-electron chi connectivity index (χ0n) is 9.63. The number of halogens is 1. The summed E-state index contributed by atoms with van der Waals surface area (Å²) in [6.45, 7) is 1.96. The summed E-state index contributed by atoms with van der Waals surface area (Å²) < 4.78 is 4.89. The van der Waals surface area contributed by atoms with Gasteiger partial charge in [0, 0.05) is 11.8 Å². The van der Waals surface area contributed by atoms with Gasteiger partial charge in [-0.05, 0) is 6.92 Å². The molecule has 8 heteroatoms. The Labute approximate surface area is 113 Å². The number of hydrogen-bond donors (Lipinski definition) is 1. The summed E-state index contributed by atoms with van der Waals surface area (Å²) in [6.07, 6.45) is 0.576. The summed E-state index contributed by atoms with van der Waals surface area (Å²) in [5.41, 5.74) is 5.88. The molecule has 0 aliphatic heterocycles. The molecule has 1 heterocycles. The first-order valence-electron chi connectivity index (χ1n) is 5.38. The zero-order valence-corrected chi connectivity index (χ0v) is 11.2. The van der Waals surface area contributed by atoms with E-state index in [9.17, 15) is 4.79 Å².